The van der Waals surface area contributed by atoms with Crippen molar-refractivity contribution in [3.63, 3.8) is 0 Å². The summed E-state index contributed by atoms with van der Waals surface area (Å²) in [6.45, 7) is 5.60. The first-order chi connectivity index (χ1) is 8.48. The van der Waals surface area contributed by atoms with E-state index in [9.17, 15) is 8.42 Å². The zero-order valence-corrected chi connectivity index (χ0v) is 12.2. The molecule has 0 radical (unpaired) electrons. The molecule has 1 aromatic rings. The van der Waals surface area contributed by atoms with Gasteiger partial charge in [0.1, 0.15) is 12.4 Å². The van der Waals surface area contributed by atoms with Gasteiger partial charge in [0, 0.05) is 0 Å². The summed E-state index contributed by atoms with van der Waals surface area (Å²) in [5.74, 6) is 0. The summed E-state index contributed by atoms with van der Waals surface area (Å²) in [6.07, 6.45) is 9.37. The van der Waals surface area contributed by atoms with E-state index in [1.807, 2.05) is 23.9 Å². The Bertz CT molecular complexity index is 466. The number of hydrogen-bond donors (Lipinski definition) is 0. The third kappa shape index (κ3) is 4.68. The average molecular weight is 275 g/mol. The molecule has 0 aliphatic carbocycles. The molecule has 0 spiro atoms. The minimum Gasteiger partial charge on any atom is -0.308 e. The maximum atomic E-state index is 11.2. The van der Waals surface area contributed by atoms with Crippen LogP contribution in [0.3, 0.4) is 0 Å². The summed E-state index contributed by atoms with van der Waals surface area (Å²) in [7, 11) is -3.48. The van der Waals surface area contributed by atoms with Gasteiger partial charge in [-0.05, 0) is 19.8 Å². The lowest BCUT2D eigenvalue weighted by Crippen LogP contribution is -2.35. The molecule has 0 N–H and O–H groups in total. The number of unbranched alkanes of at least 4 members (excludes halogenated alkanes) is 3. The predicted octanol–water partition coefficient (Wildman–Crippen LogP) is 1.71. The summed E-state index contributed by atoms with van der Waals surface area (Å²) >= 11 is 0. The minimum absolute atomic E-state index is 0.400. The van der Waals surface area contributed by atoms with Crippen molar-refractivity contribution in [1.29, 1.82) is 0 Å². The van der Waals surface area contributed by atoms with Crippen LogP contribution in [0, 0.1) is 0 Å². The van der Waals surface area contributed by atoms with E-state index in [-0.39, 0.29) is 0 Å². The van der Waals surface area contributed by atoms with E-state index in [0.717, 1.165) is 25.6 Å². The van der Waals surface area contributed by atoms with Crippen LogP contribution in [0.15, 0.2) is 12.4 Å². The van der Waals surface area contributed by atoms with Gasteiger partial charge >= 0.3 is 16.1 Å². The lowest BCUT2D eigenvalue weighted by atomic mass is 10.2. The molecule has 0 aliphatic heterocycles. The van der Waals surface area contributed by atoms with Crippen molar-refractivity contribution in [3.8, 4) is 6.01 Å². The van der Waals surface area contributed by atoms with E-state index in [1.165, 1.54) is 12.8 Å². The topological polar surface area (TPSA) is 52.2 Å². The maximum Gasteiger partial charge on any atom is 0.472 e. The Labute approximate surface area is 110 Å². The van der Waals surface area contributed by atoms with Gasteiger partial charge in [-0.3, -0.25) is 0 Å². The fraction of sp³-hybridized carbons (Fsp3) is 0.750. The summed E-state index contributed by atoms with van der Waals surface area (Å²) < 4.78 is 31.2. The molecular weight excluding hydrogens is 252 g/mol. The van der Waals surface area contributed by atoms with Gasteiger partial charge in [-0.15, -0.1) is 0 Å². The SMILES string of the molecule is CCCCCC[n+]1ccn(CC)c1OS(C)(=O)=O. The van der Waals surface area contributed by atoms with Crippen molar-refractivity contribution in [2.45, 2.75) is 52.6 Å². The van der Waals surface area contributed by atoms with Crippen LogP contribution in [-0.4, -0.2) is 19.2 Å². The summed E-state index contributed by atoms with van der Waals surface area (Å²) in [5.41, 5.74) is 0. The zero-order chi connectivity index (χ0) is 13.6. The van der Waals surface area contributed by atoms with Crippen LogP contribution in [0.5, 0.6) is 6.01 Å². The van der Waals surface area contributed by atoms with E-state index in [0.29, 0.717) is 12.6 Å². The Morgan fingerprint density at radius 2 is 2.00 bits per heavy atom. The predicted molar refractivity (Wildman–Crippen MR) is 69.9 cm³/mol. The monoisotopic (exact) mass is 275 g/mol. The van der Waals surface area contributed by atoms with E-state index in [2.05, 4.69) is 6.92 Å². The Morgan fingerprint density at radius 1 is 1.28 bits per heavy atom. The smallest absolute Gasteiger partial charge is 0.308 e. The minimum atomic E-state index is -3.48. The molecule has 0 aliphatic rings. The number of aryl methyl sites for hydroxylation is 2. The molecule has 0 saturated carbocycles. The third-order valence-corrected chi connectivity index (χ3v) is 3.19. The van der Waals surface area contributed by atoms with Crippen molar-refractivity contribution in [2.24, 2.45) is 0 Å². The van der Waals surface area contributed by atoms with Gasteiger partial charge in [0.15, 0.2) is 0 Å². The first-order valence-electron chi connectivity index (χ1n) is 6.46. The van der Waals surface area contributed by atoms with Crippen LogP contribution >= 0.6 is 0 Å². The van der Waals surface area contributed by atoms with Gasteiger partial charge in [-0.2, -0.15) is 17.6 Å². The third-order valence-electron chi connectivity index (χ3n) is 2.74. The summed E-state index contributed by atoms with van der Waals surface area (Å²) in [4.78, 5) is 0. The van der Waals surface area contributed by atoms with Crippen molar-refractivity contribution in [2.75, 3.05) is 6.26 Å². The zero-order valence-electron chi connectivity index (χ0n) is 11.4. The van der Waals surface area contributed by atoms with Crippen molar-refractivity contribution >= 4 is 10.1 Å². The van der Waals surface area contributed by atoms with E-state index in [4.69, 9.17) is 4.18 Å². The number of nitrogens with zero attached hydrogens (tertiary/aromatic N) is 2. The molecule has 0 saturated heterocycles. The fourth-order valence-corrected chi connectivity index (χ4v) is 2.27. The fourth-order valence-electron chi connectivity index (χ4n) is 1.80. The van der Waals surface area contributed by atoms with Gasteiger partial charge in [0.25, 0.3) is 0 Å². The molecule has 18 heavy (non-hydrogen) atoms. The lowest BCUT2D eigenvalue weighted by Gasteiger charge is -2.03. The highest BCUT2D eigenvalue weighted by Crippen LogP contribution is 2.09. The van der Waals surface area contributed by atoms with Gasteiger partial charge in [-0.25, -0.2) is 0 Å². The quantitative estimate of drug-likeness (QED) is 0.412. The first-order valence-corrected chi connectivity index (χ1v) is 8.27. The van der Waals surface area contributed by atoms with Gasteiger partial charge < -0.3 is 4.18 Å². The molecule has 6 heteroatoms. The highest BCUT2D eigenvalue weighted by atomic mass is 32.2. The summed E-state index contributed by atoms with van der Waals surface area (Å²) in [6, 6.07) is 0.400. The van der Waals surface area contributed by atoms with E-state index in [1.54, 1.807) is 4.57 Å². The van der Waals surface area contributed by atoms with Crippen LogP contribution in [0.1, 0.15) is 39.5 Å². The molecule has 1 rings (SSSR count). The van der Waals surface area contributed by atoms with Crippen LogP contribution in [0.25, 0.3) is 0 Å². The van der Waals surface area contributed by atoms with Crippen molar-refractivity contribution < 1.29 is 17.2 Å². The number of aromatic nitrogens is 2. The highest BCUT2D eigenvalue weighted by Gasteiger charge is 2.22. The number of rotatable bonds is 8. The highest BCUT2D eigenvalue weighted by molar-refractivity contribution is 7.86. The number of hydrogen-bond acceptors (Lipinski definition) is 3. The maximum absolute atomic E-state index is 11.2. The molecule has 0 fully saturated rings. The summed E-state index contributed by atoms with van der Waals surface area (Å²) in [5, 5.41) is 0. The molecule has 0 amide bonds. The van der Waals surface area contributed by atoms with E-state index < -0.39 is 10.1 Å². The van der Waals surface area contributed by atoms with Crippen LogP contribution in [0.4, 0.5) is 0 Å². The Kier molecular flexibility index (Phi) is 5.65. The molecule has 0 bridgehead atoms. The van der Waals surface area contributed by atoms with Crippen LogP contribution in [-0.2, 0) is 23.2 Å². The van der Waals surface area contributed by atoms with Crippen LogP contribution in [0.2, 0.25) is 0 Å². The molecule has 5 nitrogen and oxygen atoms in total. The second kappa shape index (κ2) is 6.78. The van der Waals surface area contributed by atoms with Crippen LogP contribution < -0.4 is 8.75 Å². The molecule has 1 aromatic heterocycles. The standard InChI is InChI=1S/C12H23N2O3S/c1-4-6-7-8-9-14-11-10-13(5-2)12(14)17-18(3,15)16/h10-11H,4-9H2,1-3H3/q+1. The lowest BCUT2D eigenvalue weighted by molar-refractivity contribution is -0.699. The Hall–Kier alpha value is -1.04. The van der Waals surface area contributed by atoms with E-state index >= 15 is 0 Å². The second-order valence-corrected chi connectivity index (χ2v) is 5.98. The molecule has 0 atom stereocenters. The first kappa shape index (κ1) is 15.0. The molecule has 0 unspecified atom stereocenters. The van der Waals surface area contributed by atoms with Crippen molar-refractivity contribution in [1.82, 2.24) is 4.57 Å². The Balaban J connectivity index is 2.75. The van der Waals surface area contributed by atoms with Gasteiger partial charge in [-0.1, -0.05) is 19.8 Å². The van der Waals surface area contributed by atoms with Gasteiger partial charge in [0.2, 0.25) is 0 Å². The normalized spacial score (nSPS) is 11.7. The molecule has 1 heterocycles. The Morgan fingerprint density at radius 3 is 2.56 bits per heavy atom. The molecule has 0 aromatic carbocycles. The average Bonchev–Trinajstić information content (AvgIpc) is 2.65. The second-order valence-electron chi connectivity index (χ2n) is 4.41. The molecular formula is C12H23N2O3S+. The largest absolute Gasteiger partial charge is 0.472 e. The van der Waals surface area contributed by atoms with Gasteiger partial charge in [0.05, 0.1) is 19.3 Å². The molecule has 104 valence electrons. The number of imidazole rings is 1. The van der Waals surface area contributed by atoms with Crippen molar-refractivity contribution in [3.05, 3.63) is 12.4 Å².